The lowest BCUT2D eigenvalue weighted by Crippen LogP contribution is -2.55. The van der Waals surface area contributed by atoms with Crippen LogP contribution in [0.25, 0.3) is 0 Å². The van der Waals surface area contributed by atoms with E-state index in [1.807, 2.05) is 19.1 Å². The largest absolute Gasteiger partial charge is 0.369 e. The van der Waals surface area contributed by atoms with Crippen LogP contribution in [0.3, 0.4) is 0 Å². The van der Waals surface area contributed by atoms with Crippen LogP contribution in [0.4, 0.5) is 10.1 Å². The summed E-state index contributed by atoms with van der Waals surface area (Å²) in [5.41, 5.74) is 1.05. The molecule has 1 heterocycles. The summed E-state index contributed by atoms with van der Waals surface area (Å²) in [4.78, 5) is 17.1. The van der Waals surface area contributed by atoms with Gasteiger partial charge in [0, 0.05) is 37.9 Å². The Morgan fingerprint density at radius 1 is 1.12 bits per heavy atom. The highest BCUT2D eigenvalue weighted by molar-refractivity contribution is 5.81. The average molecular weight is 347 g/mol. The first kappa shape index (κ1) is 18.2. The molecule has 1 aliphatic carbocycles. The van der Waals surface area contributed by atoms with E-state index in [1.165, 1.54) is 31.4 Å². The predicted octanol–water partition coefficient (Wildman–Crippen LogP) is 3.03. The standard InChI is InChI=1S/C20H30FN3O/c1-15-5-3-4-6-19(15)22-20(25)16(2)23-11-13-24(14-12-23)18-9-7-17(21)8-10-18/h7-10,15-16,19H,3-6,11-14H2,1-2H3,(H,22,25)/t15-,16-,19-/m1/s1. The summed E-state index contributed by atoms with van der Waals surface area (Å²) in [7, 11) is 0. The van der Waals surface area contributed by atoms with Gasteiger partial charge in [-0.2, -0.15) is 0 Å². The van der Waals surface area contributed by atoms with Gasteiger partial charge < -0.3 is 10.2 Å². The summed E-state index contributed by atoms with van der Waals surface area (Å²) in [6.45, 7) is 7.69. The maximum Gasteiger partial charge on any atom is 0.237 e. The molecule has 0 spiro atoms. The minimum absolute atomic E-state index is 0.0931. The molecular formula is C20H30FN3O. The molecule has 3 atom stereocenters. The third-order valence-electron chi connectivity index (χ3n) is 5.87. The second kappa shape index (κ2) is 8.17. The van der Waals surface area contributed by atoms with Crippen LogP contribution >= 0.6 is 0 Å². The molecule has 3 rings (SSSR count). The van der Waals surface area contributed by atoms with Crippen molar-refractivity contribution in [2.24, 2.45) is 5.92 Å². The molecule has 1 saturated heterocycles. The van der Waals surface area contributed by atoms with Crippen molar-refractivity contribution < 1.29 is 9.18 Å². The molecular weight excluding hydrogens is 317 g/mol. The van der Waals surface area contributed by atoms with E-state index in [2.05, 4.69) is 22.0 Å². The summed E-state index contributed by atoms with van der Waals surface area (Å²) >= 11 is 0. The van der Waals surface area contributed by atoms with E-state index < -0.39 is 0 Å². The van der Waals surface area contributed by atoms with E-state index in [1.54, 1.807) is 0 Å². The fraction of sp³-hybridized carbons (Fsp3) is 0.650. The molecule has 5 heteroatoms. The number of halogens is 1. The van der Waals surface area contributed by atoms with Crippen LogP contribution in [0.2, 0.25) is 0 Å². The number of amides is 1. The Morgan fingerprint density at radius 2 is 1.76 bits per heavy atom. The first-order valence-electron chi connectivity index (χ1n) is 9.59. The molecule has 1 amide bonds. The summed E-state index contributed by atoms with van der Waals surface area (Å²) in [5.74, 6) is 0.541. The third-order valence-corrected chi connectivity index (χ3v) is 5.87. The molecule has 0 radical (unpaired) electrons. The minimum atomic E-state index is -0.204. The van der Waals surface area contributed by atoms with Gasteiger partial charge in [0.15, 0.2) is 0 Å². The SMILES string of the molecule is C[C@@H]1CCCC[C@H]1NC(=O)[C@@H](C)N1CCN(c2ccc(F)cc2)CC1. The van der Waals surface area contributed by atoms with Crippen LogP contribution in [0.5, 0.6) is 0 Å². The Bertz CT molecular complexity index is 569. The number of rotatable bonds is 4. The summed E-state index contributed by atoms with van der Waals surface area (Å²) in [6, 6.07) is 6.90. The second-order valence-corrected chi connectivity index (χ2v) is 7.55. The minimum Gasteiger partial charge on any atom is -0.369 e. The zero-order valence-corrected chi connectivity index (χ0v) is 15.4. The van der Waals surface area contributed by atoms with Crippen molar-refractivity contribution in [2.45, 2.75) is 51.6 Å². The molecule has 138 valence electrons. The van der Waals surface area contributed by atoms with Crippen LogP contribution in [-0.2, 0) is 4.79 Å². The van der Waals surface area contributed by atoms with E-state index >= 15 is 0 Å². The number of carbonyl (C=O) groups is 1. The van der Waals surface area contributed by atoms with Gasteiger partial charge in [-0.25, -0.2) is 4.39 Å². The van der Waals surface area contributed by atoms with Gasteiger partial charge >= 0.3 is 0 Å². The monoisotopic (exact) mass is 347 g/mol. The number of carbonyl (C=O) groups excluding carboxylic acids is 1. The molecule has 1 N–H and O–H groups in total. The van der Waals surface area contributed by atoms with E-state index in [4.69, 9.17) is 0 Å². The number of benzene rings is 1. The zero-order valence-electron chi connectivity index (χ0n) is 15.4. The second-order valence-electron chi connectivity index (χ2n) is 7.55. The number of anilines is 1. The summed E-state index contributed by atoms with van der Waals surface area (Å²) in [6.07, 6.45) is 4.84. The Morgan fingerprint density at radius 3 is 2.40 bits per heavy atom. The normalized spacial score (nSPS) is 26.3. The lowest BCUT2D eigenvalue weighted by molar-refractivity contribution is -0.127. The van der Waals surface area contributed by atoms with Crippen LogP contribution in [0.15, 0.2) is 24.3 Å². The number of hydrogen-bond acceptors (Lipinski definition) is 3. The van der Waals surface area contributed by atoms with E-state index in [0.29, 0.717) is 12.0 Å². The smallest absolute Gasteiger partial charge is 0.237 e. The predicted molar refractivity (Wildman–Crippen MR) is 99.2 cm³/mol. The number of piperazine rings is 1. The quantitative estimate of drug-likeness (QED) is 0.909. The van der Waals surface area contributed by atoms with Crippen molar-refractivity contribution in [1.29, 1.82) is 0 Å². The lowest BCUT2D eigenvalue weighted by Gasteiger charge is -2.39. The fourth-order valence-corrected chi connectivity index (χ4v) is 4.02. The van der Waals surface area contributed by atoms with Crippen LogP contribution in [0.1, 0.15) is 39.5 Å². The lowest BCUT2D eigenvalue weighted by atomic mass is 9.86. The molecule has 1 aliphatic heterocycles. The highest BCUT2D eigenvalue weighted by Crippen LogP contribution is 2.24. The van der Waals surface area contributed by atoms with Crippen molar-refractivity contribution in [3.8, 4) is 0 Å². The Hall–Kier alpha value is -1.62. The van der Waals surface area contributed by atoms with Gasteiger partial charge in [0.05, 0.1) is 6.04 Å². The maximum absolute atomic E-state index is 13.1. The number of nitrogens with zero attached hydrogens (tertiary/aromatic N) is 2. The molecule has 1 aromatic carbocycles. The van der Waals surface area contributed by atoms with Crippen molar-refractivity contribution >= 4 is 11.6 Å². The van der Waals surface area contributed by atoms with Gasteiger partial charge in [-0.05, 0) is 49.9 Å². The molecule has 1 saturated carbocycles. The van der Waals surface area contributed by atoms with Crippen LogP contribution < -0.4 is 10.2 Å². The molecule has 2 fully saturated rings. The highest BCUT2D eigenvalue weighted by atomic mass is 19.1. The molecule has 25 heavy (non-hydrogen) atoms. The fourth-order valence-electron chi connectivity index (χ4n) is 4.02. The van der Waals surface area contributed by atoms with E-state index in [9.17, 15) is 9.18 Å². The van der Waals surface area contributed by atoms with Gasteiger partial charge in [-0.1, -0.05) is 19.8 Å². The van der Waals surface area contributed by atoms with Crippen molar-refractivity contribution in [3.05, 3.63) is 30.1 Å². The summed E-state index contributed by atoms with van der Waals surface area (Å²) in [5, 5.41) is 3.28. The molecule has 0 bridgehead atoms. The van der Waals surface area contributed by atoms with Crippen molar-refractivity contribution in [2.75, 3.05) is 31.1 Å². The first-order valence-corrected chi connectivity index (χ1v) is 9.59. The van der Waals surface area contributed by atoms with Gasteiger partial charge in [-0.3, -0.25) is 9.69 Å². The Labute approximate surface area is 150 Å². The van der Waals surface area contributed by atoms with Gasteiger partial charge in [0.25, 0.3) is 0 Å². The molecule has 4 nitrogen and oxygen atoms in total. The van der Waals surface area contributed by atoms with Crippen LogP contribution in [-0.4, -0.2) is 49.1 Å². The van der Waals surface area contributed by atoms with Gasteiger partial charge in [0.1, 0.15) is 5.82 Å². The van der Waals surface area contributed by atoms with Gasteiger partial charge in [-0.15, -0.1) is 0 Å². The zero-order chi connectivity index (χ0) is 17.8. The Kier molecular flexibility index (Phi) is 5.94. The van der Waals surface area contributed by atoms with Crippen molar-refractivity contribution in [3.63, 3.8) is 0 Å². The molecule has 1 aromatic rings. The first-order chi connectivity index (χ1) is 12.0. The summed E-state index contributed by atoms with van der Waals surface area (Å²) < 4.78 is 13.1. The highest BCUT2D eigenvalue weighted by Gasteiger charge is 2.29. The van der Waals surface area contributed by atoms with E-state index in [-0.39, 0.29) is 17.8 Å². The molecule has 0 aromatic heterocycles. The van der Waals surface area contributed by atoms with E-state index in [0.717, 1.165) is 38.3 Å². The number of hydrogen-bond donors (Lipinski definition) is 1. The van der Waals surface area contributed by atoms with Crippen LogP contribution in [0, 0.1) is 11.7 Å². The maximum atomic E-state index is 13.1. The average Bonchev–Trinajstić information content (AvgIpc) is 2.64. The van der Waals surface area contributed by atoms with Crippen molar-refractivity contribution in [1.82, 2.24) is 10.2 Å². The topological polar surface area (TPSA) is 35.6 Å². The number of nitrogens with one attached hydrogen (secondary N) is 1. The van der Waals surface area contributed by atoms with Gasteiger partial charge in [0.2, 0.25) is 5.91 Å². The molecule has 0 unspecified atom stereocenters. The third kappa shape index (κ3) is 4.51. The molecule has 2 aliphatic rings. The Balaban J connectivity index is 1.49.